The van der Waals surface area contributed by atoms with Crippen molar-refractivity contribution in [2.24, 2.45) is 0 Å². The Hall–Kier alpha value is -0.980. The lowest BCUT2D eigenvalue weighted by atomic mass is 10.2. The summed E-state index contributed by atoms with van der Waals surface area (Å²) in [5, 5.41) is 0.526. The molecule has 0 radical (unpaired) electrons. The molecule has 92 valence electrons. The minimum atomic E-state index is -4.40. The van der Waals surface area contributed by atoms with Crippen molar-refractivity contribution in [1.82, 2.24) is 9.97 Å². The van der Waals surface area contributed by atoms with Gasteiger partial charge in [-0.25, -0.2) is 9.97 Å². The summed E-state index contributed by atoms with van der Waals surface area (Å²) in [7, 11) is 0. The van der Waals surface area contributed by atoms with Crippen LogP contribution in [0.1, 0.15) is 12.1 Å². The molecule has 2 saturated heterocycles. The number of aromatic nitrogens is 2. The summed E-state index contributed by atoms with van der Waals surface area (Å²) in [6, 6.07) is 1.21. The van der Waals surface area contributed by atoms with Gasteiger partial charge in [-0.1, -0.05) is 0 Å². The molecule has 3 heterocycles. The van der Waals surface area contributed by atoms with E-state index in [1.165, 1.54) is 6.20 Å². The number of halogens is 3. The molecule has 2 aliphatic rings. The van der Waals surface area contributed by atoms with Gasteiger partial charge in [0.1, 0.15) is 5.69 Å². The minimum absolute atomic E-state index is 0.215. The van der Waals surface area contributed by atoms with E-state index in [1.54, 1.807) is 0 Å². The zero-order valence-electron chi connectivity index (χ0n) is 8.81. The highest BCUT2D eigenvalue weighted by Gasteiger charge is 2.40. The summed E-state index contributed by atoms with van der Waals surface area (Å²) in [5.41, 5.74) is -0.863. The van der Waals surface area contributed by atoms with Crippen LogP contribution in [0.25, 0.3) is 0 Å². The first-order chi connectivity index (χ1) is 8.04. The lowest BCUT2D eigenvalue weighted by Crippen LogP contribution is -2.35. The average molecular weight is 261 g/mol. The van der Waals surface area contributed by atoms with Gasteiger partial charge in [0.05, 0.1) is 0 Å². The van der Waals surface area contributed by atoms with E-state index >= 15 is 0 Å². The molecule has 7 heteroatoms. The molecular formula is C10H10F3N3S. The Morgan fingerprint density at radius 3 is 2.82 bits per heavy atom. The van der Waals surface area contributed by atoms with Crippen LogP contribution < -0.4 is 4.90 Å². The molecule has 0 spiro atoms. The fourth-order valence-corrected chi connectivity index (χ4v) is 3.72. The van der Waals surface area contributed by atoms with E-state index in [0.29, 0.717) is 11.3 Å². The molecule has 2 fully saturated rings. The second-order valence-corrected chi connectivity index (χ2v) is 5.57. The molecule has 0 amide bonds. The second-order valence-electron chi connectivity index (χ2n) is 4.24. The van der Waals surface area contributed by atoms with Gasteiger partial charge in [0.25, 0.3) is 0 Å². The third-order valence-electron chi connectivity index (χ3n) is 3.09. The maximum atomic E-state index is 12.5. The van der Waals surface area contributed by atoms with E-state index in [0.717, 1.165) is 24.8 Å². The topological polar surface area (TPSA) is 29.0 Å². The van der Waals surface area contributed by atoms with E-state index in [1.807, 2.05) is 16.7 Å². The number of hydrogen-bond donors (Lipinski definition) is 0. The van der Waals surface area contributed by atoms with Gasteiger partial charge >= 0.3 is 6.18 Å². The van der Waals surface area contributed by atoms with E-state index < -0.39 is 11.9 Å². The van der Waals surface area contributed by atoms with Gasteiger partial charge in [-0.05, 0) is 12.5 Å². The quantitative estimate of drug-likeness (QED) is 0.775. The highest BCUT2D eigenvalue weighted by atomic mass is 32.2. The zero-order chi connectivity index (χ0) is 12.0. The number of fused-ring (bicyclic) bond motifs is 2. The average Bonchev–Trinajstić information content (AvgIpc) is 2.89. The number of anilines is 1. The maximum Gasteiger partial charge on any atom is 0.433 e. The molecule has 3 nitrogen and oxygen atoms in total. The van der Waals surface area contributed by atoms with Crippen molar-refractivity contribution < 1.29 is 13.2 Å². The first-order valence-electron chi connectivity index (χ1n) is 5.32. The largest absolute Gasteiger partial charge is 0.433 e. The Balaban J connectivity index is 1.89. The van der Waals surface area contributed by atoms with Gasteiger partial charge in [-0.2, -0.15) is 24.9 Å². The number of alkyl halides is 3. The number of rotatable bonds is 1. The Bertz CT molecular complexity index is 437. The number of nitrogens with zero attached hydrogens (tertiary/aromatic N) is 3. The summed E-state index contributed by atoms with van der Waals surface area (Å²) >= 11 is 1.88. The number of thioether (sulfide) groups is 1. The van der Waals surface area contributed by atoms with Crippen LogP contribution >= 0.6 is 11.8 Å². The first kappa shape index (κ1) is 11.1. The lowest BCUT2D eigenvalue weighted by molar-refractivity contribution is -0.141. The van der Waals surface area contributed by atoms with Crippen molar-refractivity contribution in [3.8, 4) is 0 Å². The van der Waals surface area contributed by atoms with Gasteiger partial charge in [-0.15, -0.1) is 0 Å². The van der Waals surface area contributed by atoms with Crippen LogP contribution in [-0.4, -0.2) is 33.6 Å². The summed E-state index contributed by atoms with van der Waals surface area (Å²) in [5.74, 6) is 1.18. The molecule has 2 unspecified atom stereocenters. The molecule has 2 atom stereocenters. The van der Waals surface area contributed by atoms with Crippen LogP contribution in [0.2, 0.25) is 0 Å². The van der Waals surface area contributed by atoms with Crippen molar-refractivity contribution >= 4 is 17.7 Å². The third kappa shape index (κ3) is 1.96. The molecule has 0 saturated carbocycles. The van der Waals surface area contributed by atoms with Crippen LogP contribution in [0, 0.1) is 0 Å². The highest BCUT2D eigenvalue weighted by Crippen LogP contribution is 2.39. The van der Waals surface area contributed by atoms with Crippen molar-refractivity contribution in [1.29, 1.82) is 0 Å². The van der Waals surface area contributed by atoms with Gasteiger partial charge in [0.15, 0.2) is 0 Å². The molecule has 0 aliphatic carbocycles. The van der Waals surface area contributed by atoms with Crippen LogP contribution in [-0.2, 0) is 6.18 Å². The Morgan fingerprint density at radius 2 is 2.24 bits per heavy atom. The smallest absolute Gasteiger partial charge is 0.336 e. The number of hydrogen-bond acceptors (Lipinski definition) is 4. The molecule has 1 aromatic heterocycles. The lowest BCUT2D eigenvalue weighted by Gasteiger charge is -2.26. The summed E-state index contributed by atoms with van der Waals surface area (Å²) < 4.78 is 37.6. The van der Waals surface area contributed by atoms with E-state index in [9.17, 15) is 13.2 Å². The van der Waals surface area contributed by atoms with E-state index in [2.05, 4.69) is 9.97 Å². The summed E-state index contributed by atoms with van der Waals surface area (Å²) in [6.45, 7) is 0.761. The van der Waals surface area contributed by atoms with Crippen molar-refractivity contribution in [3.63, 3.8) is 0 Å². The fourth-order valence-electron chi connectivity index (χ4n) is 2.29. The van der Waals surface area contributed by atoms with Crippen LogP contribution in [0.4, 0.5) is 19.1 Å². The Kier molecular flexibility index (Phi) is 2.46. The van der Waals surface area contributed by atoms with Gasteiger partial charge in [-0.3, -0.25) is 0 Å². The monoisotopic (exact) mass is 261 g/mol. The molecule has 1 aromatic rings. The Labute approximate surface area is 100 Å². The van der Waals surface area contributed by atoms with Crippen molar-refractivity contribution in [3.05, 3.63) is 18.0 Å². The second kappa shape index (κ2) is 3.76. The highest BCUT2D eigenvalue weighted by molar-refractivity contribution is 8.00. The summed E-state index contributed by atoms with van der Waals surface area (Å²) in [4.78, 5) is 9.48. The Morgan fingerprint density at radius 1 is 1.41 bits per heavy atom. The van der Waals surface area contributed by atoms with E-state index in [4.69, 9.17) is 0 Å². The van der Waals surface area contributed by atoms with Gasteiger partial charge < -0.3 is 4.90 Å². The third-order valence-corrected chi connectivity index (χ3v) is 4.48. The van der Waals surface area contributed by atoms with Gasteiger partial charge in [0.2, 0.25) is 5.95 Å². The standard InChI is InChI=1S/C10H10F3N3S/c11-10(12,13)8-1-2-14-9(15-8)16-4-7-3-6(16)5-17-7/h1-2,6-7H,3-5H2. The van der Waals surface area contributed by atoms with E-state index in [-0.39, 0.29) is 5.95 Å². The fraction of sp³-hybridized carbons (Fsp3) is 0.600. The SMILES string of the molecule is FC(F)(F)c1ccnc(N2CC3CC2CS3)n1. The predicted molar refractivity (Wildman–Crippen MR) is 59.0 cm³/mol. The molecule has 0 N–H and O–H groups in total. The van der Waals surface area contributed by atoms with Gasteiger partial charge in [0, 0.05) is 29.8 Å². The van der Waals surface area contributed by atoms with Crippen LogP contribution in [0.3, 0.4) is 0 Å². The zero-order valence-corrected chi connectivity index (χ0v) is 9.63. The molecule has 0 aromatic carbocycles. The minimum Gasteiger partial charge on any atom is -0.336 e. The normalized spacial score (nSPS) is 27.8. The predicted octanol–water partition coefficient (Wildman–Crippen LogP) is 2.19. The van der Waals surface area contributed by atoms with Crippen molar-refractivity contribution in [2.45, 2.75) is 23.9 Å². The molecule has 2 bridgehead atoms. The molecular weight excluding hydrogens is 251 g/mol. The molecule has 17 heavy (non-hydrogen) atoms. The molecule has 2 aliphatic heterocycles. The van der Waals surface area contributed by atoms with Crippen molar-refractivity contribution in [2.75, 3.05) is 17.2 Å². The molecule has 3 rings (SSSR count). The summed E-state index contributed by atoms with van der Waals surface area (Å²) in [6.07, 6.45) is -2.18. The first-order valence-corrected chi connectivity index (χ1v) is 6.37. The van der Waals surface area contributed by atoms with Crippen LogP contribution in [0.15, 0.2) is 12.3 Å². The maximum absolute atomic E-state index is 12.5. The van der Waals surface area contributed by atoms with Crippen LogP contribution in [0.5, 0.6) is 0 Å².